The van der Waals surface area contributed by atoms with Crippen molar-refractivity contribution in [3.05, 3.63) is 34.3 Å². The Morgan fingerprint density at radius 2 is 2.17 bits per heavy atom. The molecule has 0 aliphatic rings. The fourth-order valence-corrected chi connectivity index (χ4v) is 1.64. The third-order valence-electron chi connectivity index (χ3n) is 2.42. The molecule has 3 N–H and O–H groups in total. The molecular formula is C12H14ClNO4. The number of carbonyl (C=O) groups is 2. The van der Waals surface area contributed by atoms with Gasteiger partial charge in [0.25, 0.3) is 0 Å². The summed E-state index contributed by atoms with van der Waals surface area (Å²) in [4.78, 5) is 21.3. The van der Waals surface area contributed by atoms with Crippen LogP contribution in [0, 0.1) is 0 Å². The van der Waals surface area contributed by atoms with Crippen LogP contribution in [0.2, 0.25) is 5.02 Å². The molecule has 0 saturated heterocycles. The number of aliphatic hydroxyl groups is 2. The molecule has 18 heavy (non-hydrogen) atoms. The molecule has 0 bridgehead atoms. The van der Waals surface area contributed by atoms with E-state index in [1.807, 2.05) is 0 Å². The Balaban J connectivity index is 2.76. The number of aliphatic hydroxyl groups excluding tert-OH is 2. The highest BCUT2D eigenvalue weighted by Gasteiger charge is 2.19. The van der Waals surface area contributed by atoms with Crippen molar-refractivity contribution in [2.75, 3.05) is 6.54 Å². The zero-order valence-electron chi connectivity index (χ0n) is 9.76. The molecule has 1 aromatic rings. The van der Waals surface area contributed by atoms with Crippen LogP contribution < -0.4 is 5.32 Å². The molecule has 0 radical (unpaired) electrons. The van der Waals surface area contributed by atoms with E-state index < -0.39 is 12.2 Å². The molecule has 0 aliphatic carbocycles. The van der Waals surface area contributed by atoms with Crippen LogP contribution in [0.15, 0.2) is 18.2 Å². The van der Waals surface area contributed by atoms with Gasteiger partial charge in [-0.1, -0.05) is 17.7 Å². The number of aldehydes is 1. The van der Waals surface area contributed by atoms with Crippen molar-refractivity contribution < 1.29 is 19.8 Å². The summed E-state index contributed by atoms with van der Waals surface area (Å²) in [5, 5.41) is 22.1. The van der Waals surface area contributed by atoms with E-state index in [4.69, 9.17) is 11.6 Å². The maximum absolute atomic E-state index is 10.7. The summed E-state index contributed by atoms with van der Waals surface area (Å²) < 4.78 is 0. The number of halogens is 1. The summed E-state index contributed by atoms with van der Waals surface area (Å²) in [5.41, 5.74) is 0.687. The minimum Gasteiger partial charge on any atom is -0.388 e. The average molecular weight is 272 g/mol. The molecule has 6 heteroatoms. The number of hydrogen-bond acceptors (Lipinski definition) is 4. The minimum absolute atomic E-state index is 0.0659. The van der Waals surface area contributed by atoms with E-state index in [1.54, 1.807) is 0 Å². The van der Waals surface area contributed by atoms with Crippen molar-refractivity contribution in [1.29, 1.82) is 0 Å². The van der Waals surface area contributed by atoms with Crippen molar-refractivity contribution in [2.24, 2.45) is 0 Å². The van der Waals surface area contributed by atoms with E-state index in [2.05, 4.69) is 5.32 Å². The average Bonchev–Trinajstić information content (AvgIpc) is 2.34. The largest absolute Gasteiger partial charge is 0.388 e. The van der Waals surface area contributed by atoms with Gasteiger partial charge in [0, 0.05) is 19.0 Å². The lowest BCUT2D eigenvalue weighted by Gasteiger charge is -2.18. The summed E-state index contributed by atoms with van der Waals surface area (Å²) in [5.74, 6) is -0.296. The highest BCUT2D eigenvalue weighted by atomic mass is 35.5. The molecule has 0 aromatic heterocycles. The molecule has 2 unspecified atom stereocenters. The molecule has 5 nitrogen and oxygen atoms in total. The van der Waals surface area contributed by atoms with Crippen molar-refractivity contribution in [3.63, 3.8) is 0 Å². The van der Waals surface area contributed by atoms with Gasteiger partial charge in [-0.05, 0) is 17.7 Å². The highest BCUT2D eigenvalue weighted by molar-refractivity contribution is 6.33. The van der Waals surface area contributed by atoms with Gasteiger partial charge in [0.05, 0.1) is 5.02 Å². The second kappa shape index (κ2) is 6.49. The lowest BCUT2D eigenvalue weighted by molar-refractivity contribution is -0.119. The van der Waals surface area contributed by atoms with Crippen LogP contribution in [0.3, 0.4) is 0 Å². The maximum atomic E-state index is 10.7. The van der Waals surface area contributed by atoms with E-state index in [-0.39, 0.29) is 17.5 Å². The SMILES string of the molecule is CC(=O)NCC(O)C(O)c1ccc(C=O)c(Cl)c1. The van der Waals surface area contributed by atoms with Crippen molar-refractivity contribution >= 4 is 23.8 Å². The smallest absolute Gasteiger partial charge is 0.216 e. The van der Waals surface area contributed by atoms with E-state index in [0.29, 0.717) is 17.4 Å². The molecule has 0 fully saturated rings. The van der Waals surface area contributed by atoms with Crippen LogP contribution in [0.1, 0.15) is 28.9 Å². The van der Waals surface area contributed by atoms with Gasteiger partial charge in [0.2, 0.25) is 5.91 Å². The molecule has 98 valence electrons. The lowest BCUT2D eigenvalue weighted by atomic mass is 10.0. The number of benzene rings is 1. The van der Waals surface area contributed by atoms with Gasteiger partial charge in [-0.3, -0.25) is 9.59 Å². The topological polar surface area (TPSA) is 86.6 Å². The summed E-state index contributed by atoms with van der Waals surface area (Å²) in [6.07, 6.45) is -1.73. The van der Waals surface area contributed by atoms with Gasteiger partial charge in [-0.15, -0.1) is 0 Å². The normalized spacial score (nSPS) is 13.8. The van der Waals surface area contributed by atoms with Gasteiger partial charge in [-0.2, -0.15) is 0 Å². The van der Waals surface area contributed by atoms with Gasteiger partial charge >= 0.3 is 0 Å². The Morgan fingerprint density at radius 1 is 1.50 bits per heavy atom. The van der Waals surface area contributed by atoms with Crippen molar-refractivity contribution in [2.45, 2.75) is 19.1 Å². The summed E-state index contributed by atoms with van der Waals surface area (Å²) >= 11 is 5.81. The van der Waals surface area contributed by atoms with Crippen molar-refractivity contribution in [3.8, 4) is 0 Å². The molecule has 1 amide bonds. The van der Waals surface area contributed by atoms with Crippen LogP contribution >= 0.6 is 11.6 Å². The van der Waals surface area contributed by atoms with E-state index in [9.17, 15) is 19.8 Å². The minimum atomic E-state index is -1.19. The summed E-state index contributed by atoms with van der Waals surface area (Å²) in [7, 11) is 0. The predicted molar refractivity (Wildman–Crippen MR) is 66.5 cm³/mol. The van der Waals surface area contributed by atoms with Crippen LogP contribution in [0.25, 0.3) is 0 Å². The van der Waals surface area contributed by atoms with E-state index in [0.717, 1.165) is 0 Å². The van der Waals surface area contributed by atoms with E-state index in [1.165, 1.54) is 25.1 Å². The first-order chi connectivity index (χ1) is 8.45. The molecule has 1 rings (SSSR count). The zero-order chi connectivity index (χ0) is 13.7. The first-order valence-corrected chi connectivity index (χ1v) is 5.68. The monoisotopic (exact) mass is 271 g/mol. The standard InChI is InChI=1S/C12H14ClNO4/c1-7(16)14-5-11(17)12(18)8-2-3-9(6-15)10(13)4-8/h2-4,6,11-12,17-18H,5H2,1H3,(H,14,16). The van der Waals surface area contributed by atoms with Gasteiger partial charge in [0.15, 0.2) is 6.29 Å². The van der Waals surface area contributed by atoms with Gasteiger partial charge in [-0.25, -0.2) is 0 Å². The molecule has 0 aliphatic heterocycles. The third kappa shape index (κ3) is 3.80. The molecule has 2 atom stereocenters. The zero-order valence-corrected chi connectivity index (χ0v) is 10.5. The number of rotatable bonds is 5. The molecule has 0 spiro atoms. The molecular weight excluding hydrogens is 258 g/mol. The quantitative estimate of drug-likeness (QED) is 0.688. The fraction of sp³-hybridized carbons (Fsp3) is 0.333. The number of carbonyl (C=O) groups excluding carboxylic acids is 2. The summed E-state index contributed by atoms with van der Waals surface area (Å²) in [6, 6.07) is 4.36. The Bertz CT molecular complexity index is 450. The third-order valence-corrected chi connectivity index (χ3v) is 2.74. The fourth-order valence-electron chi connectivity index (χ4n) is 1.41. The van der Waals surface area contributed by atoms with Gasteiger partial charge < -0.3 is 15.5 Å². The molecule has 0 saturated carbocycles. The first kappa shape index (κ1) is 14.6. The second-order valence-electron chi connectivity index (χ2n) is 3.85. The van der Waals surface area contributed by atoms with Crippen LogP contribution in [-0.4, -0.2) is 35.1 Å². The predicted octanol–water partition coefficient (Wildman–Crippen LogP) is 0.683. The van der Waals surface area contributed by atoms with Gasteiger partial charge in [0.1, 0.15) is 12.2 Å². The Morgan fingerprint density at radius 3 is 2.67 bits per heavy atom. The lowest BCUT2D eigenvalue weighted by Crippen LogP contribution is -2.34. The van der Waals surface area contributed by atoms with Crippen molar-refractivity contribution in [1.82, 2.24) is 5.32 Å². The van der Waals surface area contributed by atoms with Crippen LogP contribution in [0.4, 0.5) is 0 Å². The Labute approximate surface area is 109 Å². The Kier molecular flexibility index (Phi) is 5.27. The maximum Gasteiger partial charge on any atom is 0.216 e. The first-order valence-electron chi connectivity index (χ1n) is 5.31. The number of hydrogen-bond donors (Lipinski definition) is 3. The highest BCUT2D eigenvalue weighted by Crippen LogP contribution is 2.22. The summed E-state index contributed by atoms with van der Waals surface area (Å²) in [6.45, 7) is 1.25. The second-order valence-corrected chi connectivity index (χ2v) is 4.26. The number of amides is 1. The van der Waals surface area contributed by atoms with E-state index >= 15 is 0 Å². The molecule has 1 aromatic carbocycles. The van der Waals surface area contributed by atoms with Crippen LogP contribution in [0.5, 0.6) is 0 Å². The molecule has 0 heterocycles. The Hall–Kier alpha value is -1.43. The number of nitrogens with one attached hydrogen (secondary N) is 1. The van der Waals surface area contributed by atoms with Crippen LogP contribution in [-0.2, 0) is 4.79 Å².